The third kappa shape index (κ3) is 6.31. The van der Waals surface area contributed by atoms with Crippen molar-refractivity contribution in [3.05, 3.63) is 95.1 Å². The van der Waals surface area contributed by atoms with Crippen LogP contribution >= 0.6 is 11.6 Å². The summed E-state index contributed by atoms with van der Waals surface area (Å²) in [5.74, 6) is 0. The first-order valence-corrected chi connectivity index (χ1v) is 9.07. The Hall–Kier alpha value is -3.05. The van der Waals surface area contributed by atoms with Crippen molar-refractivity contribution in [2.45, 2.75) is 12.8 Å². The molecule has 0 bridgehead atoms. The average Bonchev–Trinajstić information content (AvgIpc) is 3.16. The second-order valence-corrected chi connectivity index (χ2v) is 6.53. The second kappa shape index (κ2) is 9.59. The van der Waals surface area contributed by atoms with Crippen LogP contribution in [0.15, 0.2) is 73.2 Å². The van der Waals surface area contributed by atoms with Crippen molar-refractivity contribution in [1.82, 2.24) is 15.3 Å². The van der Waals surface area contributed by atoms with Crippen LogP contribution in [0.2, 0.25) is 5.02 Å². The summed E-state index contributed by atoms with van der Waals surface area (Å²) in [6, 6.07) is 15.3. The second-order valence-electron chi connectivity index (χ2n) is 6.09. The molecule has 3 aromatic rings. The molecule has 1 heterocycles. The van der Waals surface area contributed by atoms with E-state index in [1.165, 1.54) is 11.1 Å². The number of nitrogens with zero attached hydrogens (tertiary/aromatic N) is 1. The lowest BCUT2D eigenvalue weighted by Crippen LogP contribution is -2.28. The highest BCUT2D eigenvalue weighted by molar-refractivity contribution is 6.30. The van der Waals surface area contributed by atoms with Gasteiger partial charge in [-0.2, -0.15) is 0 Å². The molecule has 0 fully saturated rings. The highest BCUT2D eigenvalue weighted by Crippen LogP contribution is 2.14. The summed E-state index contributed by atoms with van der Waals surface area (Å²) in [6.45, 7) is 0.463. The van der Waals surface area contributed by atoms with Gasteiger partial charge >= 0.3 is 6.03 Å². The summed E-state index contributed by atoms with van der Waals surface area (Å²) in [4.78, 5) is 19.0. The van der Waals surface area contributed by atoms with Crippen LogP contribution in [0.5, 0.6) is 0 Å². The number of aromatic nitrogens is 2. The minimum atomic E-state index is -0.259. The zero-order valence-corrected chi connectivity index (χ0v) is 15.5. The minimum Gasteiger partial charge on any atom is -0.348 e. The molecule has 0 atom stereocenters. The summed E-state index contributed by atoms with van der Waals surface area (Å²) in [5, 5.41) is 6.11. The maximum Gasteiger partial charge on any atom is 0.319 e. The predicted octanol–water partition coefficient (Wildman–Crippen LogP) is 4.57. The van der Waals surface area contributed by atoms with Crippen LogP contribution < -0.4 is 10.6 Å². The quantitative estimate of drug-likeness (QED) is 0.525. The third-order valence-corrected chi connectivity index (χ3v) is 4.19. The Morgan fingerprint density at radius 3 is 2.67 bits per heavy atom. The van der Waals surface area contributed by atoms with Crippen molar-refractivity contribution in [3.63, 3.8) is 0 Å². The van der Waals surface area contributed by atoms with Crippen LogP contribution in [-0.2, 0) is 12.8 Å². The Morgan fingerprint density at radius 1 is 1.11 bits per heavy atom. The van der Waals surface area contributed by atoms with E-state index in [1.54, 1.807) is 30.6 Å². The highest BCUT2D eigenvalue weighted by Gasteiger charge is 2.00. The van der Waals surface area contributed by atoms with Crippen molar-refractivity contribution in [1.29, 1.82) is 0 Å². The van der Waals surface area contributed by atoms with E-state index in [-0.39, 0.29) is 6.03 Å². The molecule has 0 aliphatic heterocycles. The Balaban J connectivity index is 1.38. The number of nitrogens with one attached hydrogen (secondary N) is 3. The minimum absolute atomic E-state index is 0.259. The topological polar surface area (TPSA) is 69.8 Å². The molecule has 0 radical (unpaired) electrons. The van der Waals surface area contributed by atoms with Gasteiger partial charge in [0.25, 0.3) is 0 Å². The molecule has 27 heavy (non-hydrogen) atoms. The average molecular weight is 381 g/mol. The van der Waals surface area contributed by atoms with Crippen molar-refractivity contribution >= 4 is 23.3 Å². The zero-order valence-electron chi connectivity index (χ0n) is 14.8. The van der Waals surface area contributed by atoms with Gasteiger partial charge in [0.2, 0.25) is 0 Å². The third-order valence-electron chi connectivity index (χ3n) is 3.96. The van der Waals surface area contributed by atoms with E-state index in [4.69, 9.17) is 11.6 Å². The molecule has 6 heteroatoms. The Morgan fingerprint density at radius 2 is 1.93 bits per heavy atom. The van der Waals surface area contributed by atoms with E-state index in [0.29, 0.717) is 17.3 Å². The number of carbonyl (C=O) groups excluding carboxylic acids is 1. The normalized spacial score (nSPS) is 10.9. The van der Waals surface area contributed by atoms with Gasteiger partial charge < -0.3 is 15.6 Å². The predicted molar refractivity (Wildman–Crippen MR) is 109 cm³/mol. The number of carbonyl (C=O) groups is 1. The molecular weight excluding hydrogens is 360 g/mol. The number of hydrogen-bond donors (Lipinski definition) is 3. The lowest BCUT2D eigenvalue weighted by atomic mass is 10.1. The van der Waals surface area contributed by atoms with Gasteiger partial charge in [0, 0.05) is 35.6 Å². The first kappa shape index (κ1) is 18.7. The van der Waals surface area contributed by atoms with E-state index >= 15 is 0 Å². The van der Waals surface area contributed by atoms with Crippen LogP contribution in [-0.4, -0.2) is 22.5 Å². The molecule has 2 amide bonds. The number of allylic oxidation sites excluding steroid dienone is 1. The van der Waals surface area contributed by atoms with Crippen molar-refractivity contribution in [2.75, 3.05) is 11.9 Å². The van der Waals surface area contributed by atoms with Crippen LogP contribution in [0.25, 0.3) is 0 Å². The monoisotopic (exact) mass is 380 g/mol. The fraction of sp³-hybridized carbons (Fsp3) is 0.143. The van der Waals surface area contributed by atoms with E-state index in [2.05, 4.69) is 44.9 Å². The van der Waals surface area contributed by atoms with Gasteiger partial charge in [-0.1, -0.05) is 54.1 Å². The molecule has 138 valence electrons. The van der Waals surface area contributed by atoms with Crippen molar-refractivity contribution in [2.24, 2.45) is 0 Å². The first-order valence-electron chi connectivity index (χ1n) is 8.69. The standard InChI is InChI=1S/C21H21ClN4O/c22-18-5-3-6-19(13-18)26-21(27)24-11-2-1-4-16-7-9-17(10-8-16)12-20-14-23-15-25-20/h1-3,5-10,13-15H,4,11-12H2,(H,23,25)(H2,24,26,27)/b2-1+. The number of hydrogen-bond acceptors (Lipinski definition) is 2. The molecule has 0 aliphatic rings. The summed E-state index contributed by atoms with van der Waals surface area (Å²) in [7, 11) is 0. The Labute approximate surface area is 163 Å². The van der Waals surface area contributed by atoms with Gasteiger partial charge in [-0.05, 0) is 35.7 Å². The zero-order chi connectivity index (χ0) is 18.9. The van der Waals surface area contributed by atoms with Gasteiger partial charge in [0.05, 0.1) is 6.33 Å². The smallest absolute Gasteiger partial charge is 0.319 e. The number of halogens is 1. The molecule has 1 aromatic heterocycles. The van der Waals surface area contributed by atoms with Crippen molar-refractivity contribution in [3.8, 4) is 0 Å². The summed E-state index contributed by atoms with van der Waals surface area (Å²) < 4.78 is 0. The molecule has 0 unspecified atom stereocenters. The maximum atomic E-state index is 11.8. The van der Waals surface area contributed by atoms with Gasteiger partial charge in [0.1, 0.15) is 0 Å². The largest absolute Gasteiger partial charge is 0.348 e. The van der Waals surface area contributed by atoms with Crippen LogP contribution in [0.3, 0.4) is 0 Å². The summed E-state index contributed by atoms with van der Waals surface area (Å²) in [5.41, 5.74) is 4.23. The number of H-pyrrole nitrogens is 1. The van der Waals surface area contributed by atoms with Crippen LogP contribution in [0, 0.1) is 0 Å². The number of benzene rings is 2. The number of amides is 2. The molecule has 2 aromatic carbocycles. The van der Waals surface area contributed by atoms with Gasteiger partial charge in [-0.25, -0.2) is 9.78 Å². The van der Waals surface area contributed by atoms with E-state index in [1.807, 2.05) is 18.3 Å². The first-order chi connectivity index (χ1) is 13.2. The molecule has 0 saturated carbocycles. The molecule has 3 N–H and O–H groups in total. The molecule has 3 rings (SSSR count). The van der Waals surface area contributed by atoms with E-state index < -0.39 is 0 Å². The molecule has 0 spiro atoms. The number of aromatic amines is 1. The SMILES string of the molecule is O=C(NC/C=C/Cc1ccc(Cc2cnc[nH]2)cc1)Nc1cccc(Cl)c1. The molecular formula is C21H21ClN4O. The van der Waals surface area contributed by atoms with Crippen LogP contribution in [0.4, 0.5) is 10.5 Å². The van der Waals surface area contributed by atoms with Crippen molar-refractivity contribution < 1.29 is 4.79 Å². The number of urea groups is 1. The Kier molecular flexibility index (Phi) is 6.66. The van der Waals surface area contributed by atoms with E-state index in [0.717, 1.165) is 18.5 Å². The molecule has 0 saturated heterocycles. The molecule has 5 nitrogen and oxygen atoms in total. The fourth-order valence-electron chi connectivity index (χ4n) is 2.59. The number of imidazole rings is 1. The number of rotatable bonds is 7. The maximum absolute atomic E-state index is 11.8. The van der Waals surface area contributed by atoms with Crippen LogP contribution in [0.1, 0.15) is 16.8 Å². The lowest BCUT2D eigenvalue weighted by molar-refractivity contribution is 0.253. The highest BCUT2D eigenvalue weighted by atomic mass is 35.5. The molecule has 0 aliphatic carbocycles. The Bertz CT molecular complexity index is 889. The lowest BCUT2D eigenvalue weighted by Gasteiger charge is -2.06. The number of anilines is 1. The summed E-state index contributed by atoms with van der Waals surface area (Å²) >= 11 is 5.89. The van der Waals surface area contributed by atoms with Gasteiger partial charge in [0.15, 0.2) is 0 Å². The van der Waals surface area contributed by atoms with Gasteiger partial charge in [-0.3, -0.25) is 0 Å². The van der Waals surface area contributed by atoms with E-state index in [9.17, 15) is 4.79 Å². The van der Waals surface area contributed by atoms with Gasteiger partial charge in [-0.15, -0.1) is 0 Å². The fourth-order valence-corrected chi connectivity index (χ4v) is 2.78. The summed E-state index contributed by atoms with van der Waals surface area (Å²) in [6.07, 6.45) is 9.19.